The molecule has 0 saturated carbocycles. The molecule has 0 aliphatic carbocycles. The first-order valence-electron chi connectivity index (χ1n) is 7.97. The van der Waals surface area contributed by atoms with Gasteiger partial charge in [-0.05, 0) is 30.2 Å². The number of ether oxygens (including phenoxy) is 1. The van der Waals surface area contributed by atoms with Crippen molar-refractivity contribution in [3.8, 4) is 5.75 Å². The summed E-state index contributed by atoms with van der Waals surface area (Å²) in [6, 6.07) is 15.3. The second kappa shape index (κ2) is 9.88. The van der Waals surface area contributed by atoms with Gasteiger partial charge in [0.05, 0.1) is 19.2 Å². The van der Waals surface area contributed by atoms with Gasteiger partial charge in [0.2, 0.25) is 5.91 Å². The van der Waals surface area contributed by atoms with Crippen molar-refractivity contribution >= 4 is 28.1 Å². The van der Waals surface area contributed by atoms with Crippen molar-refractivity contribution < 1.29 is 9.53 Å². The number of unbranched alkanes of at least 4 members (excludes halogenated alkanes) is 1. The summed E-state index contributed by atoms with van der Waals surface area (Å²) in [5.41, 5.74) is 4.33. The average Bonchev–Trinajstić information content (AvgIpc) is 2.58. The van der Waals surface area contributed by atoms with E-state index in [9.17, 15) is 4.79 Å². The highest BCUT2D eigenvalue weighted by Crippen LogP contribution is 2.22. The fourth-order valence-electron chi connectivity index (χ4n) is 2.07. The maximum Gasteiger partial charge on any atom is 0.244 e. The van der Waals surface area contributed by atoms with Gasteiger partial charge in [-0.2, -0.15) is 5.10 Å². The summed E-state index contributed by atoms with van der Waals surface area (Å²) < 4.78 is 6.69. The van der Waals surface area contributed by atoms with Crippen molar-refractivity contribution in [1.29, 1.82) is 0 Å². The van der Waals surface area contributed by atoms with Crippen LogP contribution in [0.3, 0.4) is 0 Å². The second-order valence-electron chi connectivity index (χ2n) is 5.34. The third-order valence-electron chi connectivity index (χ3n) is 3.33. The molecule has 2 rings (SSSR count). The van der Waals surface area contributed by atoms with E-state index < -0.39 is 0 Å². The van der Waals surface area contributed by atoms with E-state index in [4.69, 9.17) is 4.74 Å². The van der Waals surface area contributed by atoms with Crippen LogP contribution in [-0.4, -0.2) is 18.7 Å². The molecule has 0 aliphatic heterocycles. The second-order valence-corrected chi connectivity index (χ2v) is 6.26. The van der Waals surface area contributed by atoms with Crippen LogP contribution in [0, 0.1) is 0 Å². The molecule has 0 unspecified atom stereocenters. The van der Waals surface area contributed by atoms with Crippen molar-refractivity contribution in [1.82, 2.24) is 5.43 Å². The summed E-state index contributed by atoms with van der Waals surface area (Å²) in [5.74, 6) is 0.605. The van der Waals surface area contributed by atoms with Gasteiger partial charge in [0.15, 0.2) is 0 Å². The Balaban J connectivity index is 1.95. The largest absolute Gasteiger partial charge is 0.493 e. The summed E-state index contributed by atoms with van der Waals surface area (Å²) >= 11 is 3.44. The quantitative estimate of drug-likeness (QED) is 0.415. The zero-order valence-corrected chi connectivity index (χ0v) is 15.3. The third-order valence-corrected chi connectivity index (χ3v) is 3.82. The molecule has 0 aliphatic rings. The highest BCUT2D eigenvalue weighted by molar-refractivity contribution is 9.10. The standard InChI is InChI=1S/C19H21BrN2O2/c1-2-3-11-24-18-10-9-17(20)13-16(18)14-21-22-19(23)12-15-7-5-4-6-8-15/h4-10,13-14H,2-3,11-12H2,1H3,(H,22,23)/b21-14+. The van der Waals surface area contributed by atoms with Crippen LogP contribution >= 0.6 is 15.9 Å². The minimum Gasteiger partial charge on any atom is -0.493 e. The maximum absolute atomic E-state index is 11.9. The van der Waals surface area contributed by atoms with Crippen LogP contribution in [0.5, 0.6) is 5.75 Å². The molecule has 4 nitrogen and oxygen atoms in total. The maximum atomic E-state index is 11.9. The van der Waals surface area contributed by atoms with Crippen molar-refractivity contribution in [3.05, 3.63) is 64.1 Å². The summed E-state index contributed by atoms with van der Waals surface area (Å²) in [7, 11) is 0. The van der Waals surface area contributed by atoms with Crippen LogP contribution in [0.2, 0.25) is 0 Å². The highest BCUT2D eigenvalue weighted by atomic mass is 79.9. The lowest BCUT2D eigenvalue weighted by Crippen LogP contribution is -2.19. The highest BCUT2D eigenvalue weighted by Gasteiger charge is 2.04. The van der Waals surface area contributed by atoms with Gasteiger partial charge in [-0.1, -0.05) is 59.6 Å². The molecule has 1 N–H and O–H groups in total. The Morgan fingerprint density at radius 1 is 1.25 bits per heavy atom. The van der Waals surface area contributed by atoms with Gasteiger partial charge in [-0.3, -0.25) is 4.79 Å². The van der Waals surface area contributed by atoms with Crippen molar-refractivity contribution in [2.75, 3.05) is 6.61 Å². The summed E-state index contributed by atoms with van der Waals surface area (Å²) in [6.07, 6.45) is 3.99. The molecule has 0 bridgehead atoms. The number of hydrazone groups is 1. The van der Waals surface area contributed by atoms with E-state index in [0.29, 0.717) is 13.0 Å². The predicted octanol–water partition coefficient (Wildman–Crippen LogP) is 4.32. The molecule has 2 aromatic carbocycles. The Hall–Kier alpha value is -2.14. The van der Waals surface area contributed by atoms with Crippen LogP contribution < -0.4 is 10.2 Å². The predicted molar refractivity (Wildman–Crippen MR) is 100 cm³/mol. The fraction of sp³-hybridized carbons (Fsp3) is 0.263. The zero-order valence-electron chi connectivity index (χ0n) is 13.7. The number of amides is 1. The monoisotopic (exact) mass is 388 g/mol. The number of rotatable bonds is 8. The first kappa shape index (κ1) is 18.2. The Morgan fingerprint density at radius 3 is 2.79 bits per heavy atom. The minimum atomic E-state index is -0.152. The minimum absolute atomic E-state index is 0.152. The zero-order chi connectivity index (χ0) is 17.2. The van der Waals surface area contributed by atoms with Crippen molar-refractivity contribution in [3.63, 3.8) is 0 Å². The first-order chi connectivity index (χ1) is 11.7. The van der Waals surface area contributed by atoms with E-state index in [-0.39, 0.29) is 5.91 Å². The van der Waals surface area contributed by atoms with Crippen LogP contribution in [-0.2, 0) is 11.2 Å². The van der Waals surface area contributed by atoms with Gasteiger partial charge in [0.1, 0.15) is 5.75 Å². The van der Waals surface area contributed by atoms with E-state index >= 15 is 0 Å². The molecule has 0 atom stereocenters. The van der Waals surface area contributed by atoms with Gasteiger partial charge < -0.3 is 4.74 Å². The molecule has 126 valence electrons. The van der Waals surface area contributed by atoms with E-state index in [1.165, 1.54) is 0 Å². The SMILES string of the molecule is CCCCOc1ccc(Br)cc1/C=N/NC(=O)Cc1ccccc1. The summed E-state index contributed by atoms with van der Waals surface area (Å²) in [6.45, 7) is 2.79. The van der Waals surface area contributed by atoms with Crippen LogP contribution in [0.1, 0.15) is 30.9 Å². The van der Waals surface area contributed by atoms with E-state index in [1.54, 1.807) is 6.21 Å². The molecule has 0 aromatic heterocycles. The van der Waals surface area contributed by atoms with Crippen molar-refractivity contribution in [2.45, 2.75) is 26.2 Å². The lowest BCUT2D eigenvalue weighted by Gasteiger charge is -2.09. The molecule has 0 fully saturated rings. The summed E-state index contributed by atoms with van der Waals surface area (Å²) in [5, 5.41) is 4.04. The van der Waals surface area contributed by atoms with Gasteiger partial charge in [-0.25, -0.2) is 5.43 Å². The van der Waals surface area contributed by atoms with E-state index in [1.807, 2.05) is 48.5 Å². The lowest BCUT2D eigenvalue weighted by atomic mass is 10.1. The van der Waals surface area contributed by atoms with Crippen LogP contribution in [0.15, 0.2) is 58.1 Å². The molecule has 0 spiro atoms. The number of nitrogens with one attached hydrogen (secondary N) is 1. The molecule has 0 radical (unpaired) electrons. The molecular weight excluding hydrogens is 368 g/mol. The molecule has 24 heavy (non-hydrogen) atoms. The fourth-order valence-corrected chi connectivity index (χ4v) is 2.45. The average molecular weight is 389 g/mol. The number of halogens is 1. The number of benzene rings is 2. The lowest BCUT2D eigenvalue weighted by molar-refractivity contribution is -0.120. The number of carbonyl (C=O) groups is 1. The molecule has 0 saturated heterocycles. The normalized spacial score (nSPS) is 10.8. The molecule has 1 amide bonds. The molecular formula is C19H21BrN2O2. The molecule has 0 heterocycles. The molecule has 5 heteroatoms. The van der Waals surface area contributed by atoms with E-state index in [0.717, 1.165) is 34.2 Å². The van der Waals surface area contributed by atoms with Gasteiger partial charge in [0, 0.05) is 10.0 Å². The number of hydrogen-bond donors (Lipinski definition) is 1. The van der Waals surface area contributed by atoms with E-state index in [2.05, 4.69) is 33.4 Å². The first-order valence-corrected chi connectivity index (χ1v) is 8.76. The Kier molecular flexibility index (Phi) is 7.49. The third kappa shape index (κ3) is 6.16. The summed E-state index contributed by atoms with van der Waals surface area (Å²) in [4.78, 5) is 11.9. The number of carbonyl (C=O) groups excluding carboxylic acids is 1. The number of nitrogens with zero attached hydrogens (tertiary/aromatic N) is 1. The Labute approximate surface area is 151 Å². The van der Waals surface area contributed by atoms with Gasteiger partial charge in [-0.15, -0.1) is 0 Å². The number of hydrogen-bond acceptors (Lipinski definition) is 3. The van der Waals surface area contributed by atoms with Gasteiger partial charge in [0.25, 0.3) is 0 Å². The Bertz CT molecular complexity index is 687. The van der Waals surface area contributed by atoms with Crippen molar-refractivity contribution in [2.24, 2.45) is 5.10 Å². The topological polar surface area (TPSA) is 50.7 Å². The van der Waals surface area contributed by atoms with Crippen LogP contribution in [0.4, 0.5) is 0 Å². The smallest absolute Gasteiger partial charge is 0.244 e. The van der Waals surface area contributed by atoms with Gasteiger partial charge >= 0.3 is 0 Å². The molecule has 2 aromatic rings. The Morgan fingerprint density at radius 2 is 2.04 bits per heavy atom. The van der Waals surface area contributed by atoms with Crippen LogP contribution in [0.25, 0.3) is 0 Å².